The van der Waals surface area contributed by atoms with E-state index in [1.54, 1.807) is 42.5 Å². The highest BCUT2D eigenvalue weighted by atomic mass is 127. The van der Waals surface area contributed by atoms with E-state index in [2.05, 4.69) is 27.9 Å². The van der Waals surface area contributed by atoms with E-state index < -0.39 is 40.2 Å². The quantitative estimate of drug-likeness (QED) is 0.283. The molecule has 0 aliphatic heterocycles. The minimum atomic E-state index is -3.86. The van der Waals surface area contributed by atoms with Gasteiger partial charge in [0, 0.05) is 28.1 Å². The molecule has 3 rings (SSSR count). The van der Waals surface area contributed by atoms with Crippen molar-refractivity contribution in [1.82, 2.24) is 10.2 Å². The topological polar surface area (TPSA) is 86.8 Å². The minimum Gasteiger partial charge on any atom is -0.352 e. The summed E-state index contributed by atoms with van der Waals surface area (Å²) in [5, 5.41) is 2.95. The molecule has 0 heterocycles. The molecular weight excluding hydrogens is 632 g/mol. The maximum atomic E-state index is 14.8. The van der Waals surface area contributed by atoms with Crippen molar-refractivity contribution < 1.29 is 22.4 Å². The van der Waals surface area contributed by atoms with Crippen molar-refractivity contribution >= 4 is 50.1 Å². The molecule has 2 atom stereocenters. The summed E-state index contributed by atoms with van der Waals surface area (Å²) in [6.07, 6.45) is 1.88. The smallest absolute Gasteiger partial charge is 0.244 e. The summed E-state index contributed by atoms with van der Waals surface area (Å²) < 4.78 is 42.2. The molecule has 2 amide bonds. The molecule has 3 aromatic rings. The first-order valence-electron chi connectivity index (χ1n) is 12.6. The molecule has 7 nitrogen and oxygen atoms in total. The average molecular weight is 666 g/mol. The second-order valence-electron chi connectivity index (χ2n) is 9.38. The van der Waals surface area contributed by atoms with Crippen molar-refractivity contribution in [1.29, 1.82) is 0 Å². The lowest BCUT2D eigenvalue weighted by Crippen LogP contribution is -2.54. The van der Waals surface area contributed by atoms with Crippen LogP contribution in [0.25, 0.3) is 0 Å². The minimum absolute atomic E-state index is 0.152. The Morgan fingerprint density at radius 3 is 2.18 bits per heavy atom. The van der Waals surface area contributed by atoms with E-state index in [-0.39, 0.29) is 24.6 Å². The van der Waals surface area contributed by atoms with E-state index in [0.717, 1.165) is 19.7 Å². The number of carbonyl (C=O) groups excluding carboxylic acids is 2. The van der Waals surface area contributed by atoms with Crippen LogP contribution in [0.4, 0.5) is 10.1 Å². The van der Waals surface area contributed by atoms with Gasteiger partial charge in [0.25, 0.3) is 0 Å². The molecule has 0 bridgehead atoms. The van der Waals surface area contributed by atoms with Gasteiger partial charge in [-0.2, -0.15) is 0 Å². The molecule has 39 heavy (non-hydrogen) atoms. The zero-order valence-electron chi connectivity index (χ0n) is 22.2. The largest absolute Gasteiger partial charge is 0.352 e. The Labute approximate surface area is 243 Å². The maximum absolute atomic E-state index is 14.8. The molecule has 0 saturated heterocycles. The van der Waals surface area contributed by atoms with E-state index in [9.17, 15) is 22.4 Å². The summed E-state index contributed by atoms with van der Waals surface area (Å²) in [5.41, 5.74) is 1.35. The number of sulfonamides is 1. The lowest BCUT2D eigenvalue weighted by Gasteiger charge is -2.34. The number of halogens is 2. The Balaban J connectivity index is 2.06. The molecule has 3 aromatic carbocycles. The van der Waals surface area contributed by atoms with Crippen molar-refractivity contribution in [3.05, 3.63) is 99.4 Å². The lowest BCUT2D eigenvalue weighted by molar-refractivity contribution is -0.140. The third kappa shape index (κ3) is 8.76. The van der Waals surface area contributed by atoms with Crippen molar-refractivity contribution in [3.8, 4) is 0 Å². The average Bonchev–Trinajstić information content (AvgIpc) is 2.90. The van der Waals surface area contributed by atoms with E-state index in [0.29, 0.717) is 12.1 Å². The normalized spacial score (nSPS) is 12.8. The molecule has 0 aromatic heterocycles. The summed E-state index contributed by atoms with van der Waals surface area (Å²) in [5.74, 6) is -1.53. The van der Waals surface area contributed by atoms with Gasteiger partial charge in [0.15, 0.2) is 0 Å². The summed E-state index contributed by atoms with van der Waals surface area (Å²) >= 11 is 2.11. The first-order valence-corrected chi connectivity index (χ1v) is 15.5. The van der Waals surface area contributed by atoms with Crippen molar-refractivity contribution in [2.75, 3.05) is 17.1 Å². The van der Waals surface area contributed by atoms with Crippen molar-refractivity contribution in [2.45, 2.75) is 45.3 Å². The standard InChI is InChI=1S/C29H33FIN3O4S/c1-4-21(2)32-29(36)27(18-22-10-6-5-7-11-22)33(19-23-12-8-9-13-26(23)30)28(35)20-34(39(3,37)38)25-16-14-24(31)15-17-25/h5-17,21,27H,4,18-20H2,1-3H3,(H,32,36)/t21-,27+/m1/s1. The second-order valence-corrected chi connectivity index (χ2v) is 12.5. The molecular formula is C29H33FIN3O4S. The highest BCUT2D eigenvalue weighted by Gasteiger charge is 2.33. The van der Waals surface area contributed by atoms with Crippen molar-refractivity contribution in [3.63, 3.8) is 0 Å². The van der Waals surface area contributed by atoms with Crippen LogP contribution < -0.4 is 9.62 Å². The molecule has 208 valence electrons. The number of hydrogen-bond acceptors (Lipinski definition) is 4. The predicted molar refractivity (Wildman–Crippen MR) is 160 cm³/mol. The third-order valence-corrected chi connectivity index (χ3v) is 8.22. The van der Waals surface area contributed by atoms with E-state index >= 15 is 0 Å². The maximum Gasteiger partial charge on any atom is 0.244 e. The Morgan fingerprint density at radius 2 is 1.59 bits per heavy atom. The highest BCUT2D eigenvalue weighted by Crippen LogP contribution is 2.22. The van der Waals surface area contributed by atoms with Crippen LogP contribution in [0.15, 0.2) is 78.9 Å². The molecule has 0 aliphatic carbocycles. The molecule has 0 radical (unpaired) electrons. The molecule has 1 N–H and O–H groups in total. The zero-order chi connectivity index (χ0) is 28.6. The first kappa shape index (κ1) is 30.6. The van der Waals surface area contributed by atoms with Crippen LogP contribution in [0, 0.1) is 9.39 Å². The number of amides is 2. The van der Waals surface area contributed by atoms with Gasteiger partial charge < -0.3 is 10.2 Å². The molecule has 0 aliphatic rings. The predicted octanol–water partition coefficient (Wildman–Crippen LogP) is 4.75. The van der Waals surface area contributed by atoms with Gasteiger partial charge in [-0.25, -0.2) is 12.8 Å². The Morgan fingerprint density at radius 1 is 0.974 bits per heavy atom. The number of anilines is 1. The van der Waals surface area contributed by atoms with Gasteiger partial charge in [0.2, 0.25) is 21.8 Å². The fraction of sp³-hybridized carbons (Fsp3) is 0.310. The number of rotatable bonds is 12. The van der Waals surface area contributed by atoms with Crippen LogP contribution in [0.5, 0.6) is 0 Å². The molecule has 0 fully saturated rings. The molecule has 0 spiro atoms. The summed E-state index contributed by atoms with van der Waals surface area (Å²) in [7, 11) is -3.86. The van der Waals surface area contributed by atoms with Gasteiger partial charge in [-0.05, 0) is 71.8 Å². The first-order chi connectivity index (χ1) is 18.5. The number of nitrogens with zero attached hydrogens (tertiary/aromatic N) is 2. The van der Waals surface area contributed by atoms with Crippen molar-refractivity contribution in [2.24, 2.45) is 0 Å². The van der Waals surface area contributed by atoms with E-state index in [4.69, 9.17) is 0 Å². The highest BCUT2D eigenvalue weighted by molar-refractivity contribution is 14.1. The van der Waals surface area contributed by atoms with Gasteiger partial charge in [0.1, 0.15) is 18.4 Å². The second kappa shape index (κ2) is 13.9. The Bertz CT molecular complexity index is 1370. The van der Waals surface area contributed by atoms with Gasteiger partial charge >= 0.3 is 0 Å². The van der Waals surface area contributed by atoms with Crippen LogP contribution in [0.1, 0.15) is 31.4 Å². The molecule has 0 unspecified atom stereocenters. The third-order valence-electron chi connectivity index (χ3n) is 6.36. The van der Waals surface area contributed by atoms with Gasteiger partial charge in [0.05, 0.1) is 11.9 Å². The summed E-state index contributed by atoms with van der Waals surface area (Å²) in [6.45, 7) is 3.05. The summed E-state index contributed by atoms with van der Waals surface area (Å²) in [6, 6.07) is 20.8. The molecule has 10 heteroatoms. The SMILES string of the molecule is CC[C@@H](C)NC(=O)[C@H](Cc1ccccc1)N(Cc1ccccc1F)C(=O)CN(c1ccc(I)cc1)S(C)(=O)=O. The lowest BCUT2D eigenvalue weighted by atomic mass is 10.0. The van der Waals surface area contributed by atoms with Gasteiger partial charge in [-0.3, -0.25) is 13.9 Å². The number of hydrogen-bond donors (Lipinski definition) is 1. The fourth-order valence-electron chi connectivity index (χ4n) is 4.03. The molecule has 0 saturated carbocycles. The zero-order valence-corrected chi connectivity index (χ0v) is 25.2. The number of benzene rings is 3. The van der Waals surface area contributed by atoms with Crippen LogP contribution in [-0.2, 0) is 32.6 Å². The van der Waals surface area contributed by atoms with Crippen LogP contribution in [0.3, 0.4) is 0 Å². The fourth-order valence-corrected chi connectivity index (χ4v) is 5.24. The Kier molecular flexibility index (Phi) is 10.9. The number of nitrogens with one attached hydrogen (secondary N) is 1. The monoisotopic (exact) mass is 665 g/mol. The number of carbonyl (C=O) groups is 2. The van der Waals surface area contributed by atoms with Gasteiger partial charge in [-0.15, -0.1) is 0 Å². The van der Waals surface area contributed by atoms with Crippen LogP contribution in [-0.4, -0.2) is 50.0 Å². The summed E-state index contributed by atoms with van der Waals surface area (Å²) in [4.78, 5) is 28.8. The Hall–Kier alpha value is -2.99. The van der Waals surface area contributed by atoms with E-state index in [1.165, 1.54) is 11.0 Å². The van der Waals surface area contributed by atoms with Gasteiger partial charge in [-0.1, -0.05) is 55.5 Å². The van der Waals surface area contributed by atoms with E-state index in [1.807, 2.05) is 44.2 Å². The van der Waals surface area contributed by atoms with Crippen LogP contribution >= 0.6 is 22.6 Å². The van der Waals surface area contributed by atoms with Crippen LogP contribution in [0.2, 0.25) is 0 Å².